The molecule has 0 saturated carbocycles. The average molecular weight is 861 g/mol. The van der Waals surface area contributed by atoms with Crippen molar-refractivity contribution in [2.45, 2.75) is 5.41 Å². The Morgan fingerprint density at radius 3 is 1.85 bits per heavy atom. The van der Waals surface area contributed by atoms with E-state index in [1.807, 2.05) is 109 Å². The predicted molar refractivity (Wildman–Crippen MR) is 277 cm³/mol. The lowest BCUT2D eigenvalue weighted by atomic mass is 9.67. The van der Waals surface area contributed by atoms with Crippen LogP contribution in [-0.2, 0) is 5.41 Å². The topological polar surface area (TPSA) is 3.24 Å². The summed E-state index contributed by atoms with van der Waals surface area (Å²) in [7, 11) is 0. The number of rotatable bonds is 7. The second-order valence-corrected chi connectivity index (χ2v) is 16.9. The summed E-state index contributed by atoms with van der Waals surface area (Å²) >= 11 is 0.733. The smallest absolute Gasteiger partial charge is 0.0714 e. The standard InChI is InChI=1S/C63H41NS/c1-3-19-46(20-4-1)63(47-21-5-2-6-22-47)58-28-13-11-24-53(58)54-39-37-50(41-59(54)63)64(49-36-30-42-16-7-8-18-45(42)40-49)48-34-31-44(32-35-48)52-38-33-43-17-9-10-23-51(43)61(52)57-27-15-26-56-55-25-12-14-29-60(55)65-62(56)57/h1-41H/i9D,10D,12D,14D,15D,17D,23D,25D,26D,27D,29D,31D,32D,33D,34D,35D,38D. The Labute approximate surface area is 406 Å². The van der Waals surface area contributed by atoms with Crippen molar-refractivity contribution in [2.75, 3.05) is 4.90 Å². The number of thiophene rings is 1. The van der Waals surface area contributed by atoms with Crippen LogP contribution in [0.1, 0.15) is 45.6 Å². The highest BCUT2D eigenvalue weighted by atomic mass is 32.1. The molecule has 0 unspecified atom stereocenters. The first-order valence-corrected chi connectivity index (χ1v) is 21.8. The van der Waals surface area contributed by atoms with Crippen LogP contribution >= 0.6 is 11.3 Å². The second-order valence-electron chi connectivity index (χ2n) is 15.9. The third kappa shape index (κ3) is 5.85. The van der Waals surface area contributed by atoms with Crippen molar-refractivity contribution in [1.29, 1.82) is 0 Å². The molecule has 65 heavy (non-hydrogen) atoms. The van der Waals surface area contributed by atoms with E-state index in [0.717, 1.165) is 55.5 Å². The Kier molecular flexibility index (Phi) is 5.59. The zero-order valence-electron chi connectivity index (χ0n) is 51.2. The van der Waals surface area contributed by atoms with Gasteiger partial charge in [0.2, 0.25) is 0 Å². The van der Waals surface area contributed by atoms with Crippen molar-refractivity contribution in [3.63, 3.8) is 0 Å². The molecular formula is C63H41NS. The van der Waals surface area contributed by atoms with Gasteiger partial charge in [0.15, 0.2) is 0 Å². The van der Waals surface area contributed by atoms with E-state index in [9.17, 15) is 13.7 Å². The third-order valence-electron chi connectivity index (χ3n) is 12.5. The van der Waals surface area contributed by atoms with Gasteiger partial charge in [-0.1, -0.05) is 206 Å². The largest absolute Gasteiger partial charge is 0.310 e. The quantitative estimate of drug-likeness (QED) is 0.154. The van der Waals surface area contributed by atoms with Crippen molar-refractivity contribution in [3.8, 4) is 33.4 Å². The molecule has 0 atom stereocenters. The molecule has 2 heteroatoms. The zero-order chi connectivity index (χ0) is 57.7. The molecule has 0 spiro atoms. The van der Waals surface area contributed by atoms with Gasteiger partial charge in [0.25, 0.3) is 0 Å². The van der Waals surface area contributed by atoms with E-state index in [1.54, 1.807) is 4.90 Å². The minimum atomic E-state index is -0.885. The van der Waals surface area contributed by atoms with Crippen LogP contribution < -0.4 is 4.90 Å². The summed E-state index contributed by atoms with van der Waals surface area (Å²) in [4.78, 5) is 1.66. The number of benzene rings is 11. The van der Waals surface area contributed by atoms with Crippen molar-refractivity contribution in [3.05, 3.63) is 271 Å². The van der Waals surface area contributed by atoms with E-state index in [4.69, 9.17) is 9.60 Å². The lowest BCUT2D eigenvalue weighted by molar-refractivity contribution is 0.768. The van der Waals surface area contributed by atoms with E-state index in [2.05, 4.69) is 36.4 Å². The molecule has 0 N–H and O–H groups in total. The van der Waals surface area contributed by atoms with Crippen LogP contribution in [0.15, 0.2) is 248 Å². The van der Waals surface area contributed by atoms with Gasteiger partial charge < -0.3 is 4.90 Å². The molecule has 0 bridgehead atoms. The molecule has 1 nitrogen and oxygen atoms in total. The van der Waals surface area contributed by atoms with Gasteiger partial charge in [0, 0.05) is 42.8 Å². The lowest BCUT2D eigenvalue weighted by Crippen LogP contribution is -2.28. The normalized spacial score (nSPS) is 16.4. The van der Waals surface area contributed by atoms with Gasteiger partial charge in [-0.2, -0.15) is 0 Å². The molecule has 1 aliphatic carbocycles. The first-order valence-electron chi connectivity index (χ1n) is 29.5. The lowest BCUT2D eigenvalue weighted by Gasteiger charge is -2.35. The number of hydrogen-bond acceptors (Lipinski definition) is 2. The highest BCUT2D eigenvalue weighted by molar-refractivity contribution is 7.26. The molecule has 0 fully saturated rings. The summed E-state index contributed by atoms with van der Waals surface area (Å²) in [5.41, 5.74) is 3.71. The van der Waals surface area contributed by atoms with Crippen molar-refractivity contribution in [2.24, 2.45) is 0 Å². The summed E-state index contributed by atoms with van der Waals surface area (Å²) in [6.45, 7) is 0. The van der Waals surface area contributed by atoms with Crippen LogP contribution in [-0.4, -0.2) is 0 Å². The summed E-state index contributed by atoms with van der Waals surface area (Å²) in [6, 6.07) is 36.0. The Morgan fingerprint density at radius 1 is 0.385 bits per heavy atom. The monoisotopic (exact) mass is 860 g/mol. The molecule has 0 aliphatic heterocycles. The van der Waals surface area contributed by atoms with E-state index in [0.29, 0.717) is 11.4 Å². The summed E-state index contributed by atoms with van der Waals surface area (Å²) in [6.07, 6.45) is 0. The maximum atomic E-state index is 10.2. The van der Waals surface area contributed by atoms with Crippen LogP contribution in [0.5, 0.6) is 0 Å². The van der Waals surface area contributed by atoms with Crippen molar-refractivity contribution >= 4 is 70.1 Å². The van der Waals surface area contributed by atoms with Gasteiger partial charge >= 0.3 is 0 Å². The number of anilines is 3. The predicted octanol–water partition coefficient (Wildman–Crippen LogP) is 17.5. The fraction of sp³-hybridized carbons (Fsp3) is 0.0159. The number of hydrogen-bond donors (Lipinski definition) is 0. The molecule has 0 saturated heterocycles. The minimum Gasteiger partial charge on any atom is -0.310 e. The van der Waals surface area contributed by atoms with Crippen LogP contribution in [0.2, 0.25) is 0 Å². The number of fused-ring (bicyclic) bond motifs is 8. The molecular weight excluding hydrogens is 803 g/mol. The van der Waals surface area contributed by atoms with Gasteiger partial charge in [-0.15, -0.1) is 11.3 Å². The molecule has 1 aromatic heterocycles. The molecule has 13 rings (SSSR count). The average Bonchev–Trinajstić information content (AvgIpc) is 4.20. The van der Waals surface area contributed by atoms with Crippen molar-refractivity contribution in [1.82, 2.24) is 0 Å². The maximum Gasteiger partial charge on any atom is 0.0714 e. The molecule has 0 radical (unpaired) electrons. The molecule has 1 heterocycles. The first-order chi connectivity index (χ1) is 39.3. The Balaban J connectivity index is 1.15. The third-order valence-corrected chi connectivity index (χ3v) is 13.6. The van der Waals surface area contributed by atoms with Gasteiger partial charge in [0.1, 0.15) is 0 Å². The summed E-state index contributed by atoms with van der Waals surface area (Å²) in [5.74, 6) is 0. The van der Waals surface area contributed by atoms with Gasteiger partial charge in [-0.25, -0.2) is 0 Å². The van der Waals surface area contributed by atoms with Crippen LogP contribution in [0.3, 0.4) is 0 Å². The molecule has 1 aliphatic rings. The summed E-state index contributed by atoms with van der Waals surface area (Å²) in [5, 5.41) is 0.423. The summed E-state index contributed by atoms with van der Waals surface area (Å²) < 4.78 is 159. The Hall–Kier alpha value is -8.04. The van der Waals surface area contributed by atoms with E-state index in [-0.39, 0.29) is 31.4 Å². The Bertz CT molecular complexity index is 4720. The SMILES string of the molecule is [2H]c1c([2H])c(N(c2ccc3c(c2)C(c2ccccc2)(c2ccccc2)c2ccccc2-3)c2ccc3ccccc3c2)c([2H])c([2H])c1-c1c([2H])c([2H])c2c([2H])c([2H])c([2H])c([2H])c2c1-c1c([2H])c([2H])c([2H])c2c1sc1c([2H])c([2H])c([2H])c([2H])c12. The molecule has 12 aromatic rings. The Morgan fingerprint density at radius 2 is 1.03 bits per heavy atom. The zero-order valence-corrected chi connectivity index (χ0v) is 35.0. The number of nitrogens with zero attached hydrogens (tertiary/aromatic N) is 1. The van der Waals surface area contributed by atoms with Crippen LogP contribution in [0, 0.1) is 0 Å². The van der Waals surface area contributed by atoms with Gasteiger partial charge in [-0.05, 0) is 114 Å². The van der Waals surface area contributed by atoms with Gasteiger partial charge in [0.05, 0.1) is 28.7 Å². The first kappa shape index (κ1) is 24.1. The van der Waals surface area contributed by atoms with Gasteiger partial charge in [-0.3, -0.25) is 0 Å². The highest BCUT2D eigenvalue weighted by Crippen LogP contribution is 2.57. The van der Waals surface area contributed by atoms with E-state index < -0.39 is 136 Å². The maximum absolute atomic E-state index is 10.2. The van der Waals surface area contributed by atoms with E-state index in [1.165, 1.54) is 0 Å². The second kappa shape index (κ2) is 15.1. The van der Waals surface area contributed by atoms with Crippen LogP contribution in [0.25, 0.3) is 75.1 Å². The minimum absolute atomic E-state index is 0.0562. The van der Waals surface area contributed by atoms with E-state index >= 15 is 0 Å². The van der Waals surface area contributed by atoms with Crippen molar-refractivity contribution < 1.29 is 23.3 Å². The molecule has 304 valence electrons. The van der Waals surface area contributed by atoms with Crippen LogP contribution in [0.4, 0.5) is 17.1 Å². The fourth-order valence-electron chi connectivity index (χ4n) is 9.69. The fourth-order valence-corrected chi connectivity index (χ4v) is 10.8. The molecule has 0 amide bonds. The molecule has 11 aromatic carbocycles. The highest BCUT2D eigenvalue weighted by Gasteiger charge is 2.46.